The first-order valence-electron chi connectivity index (χ1n) is 9.11. The van der Waals surface area contributed by atoms with Crippen LogP contribution in [0.5, 0.6) is 0 Å². The fourth-order valence-corrected chi connectivity index (χ4v) is 3.88. The van der Waals surface area contributed by atoms with Gasteiger partial charge in [-0.2, -0.15) is 0 Å². The van der Waals surface area contributed by atoms with Gasteiger partial charge in [-0.1, -0.05) is 17.7 Å². The van der Waals surface area contributed by atoms with E-state index in [0.29, 0.717) is 10.6 Å². The second-order valence-corrected chi connectivity index (χ2v) is 7.21. The van der Waals surface area contributed by atoms with Gasteiger partial charge in [-0.15, -0.1) is 24.0 Å². The number of rotatable bonds is 3. The molecule has 2 heterocycles. The highest BCUT2D eigenvalue weighted by Crippen LogP contribution is 2.45. The second-order valence-electron chi connectivity index (χ2n) is 6.80. The molecule has 0 amide bonds. The van der Waals surface area contributed by atoms with Crippen LogP contribution >= 0.6 is 35.6 Å². The van der Waals surface area contributed by atoms with Crippen LogP contribution in [-0.2, 0) is 0 Å². The first kappa shape index (κ1) is 21.0. The van der Waals surface area contributed by atoms with Gasteiger partial charge in [0.2, 0.25) is 5.95 Å². The number of aliphatic imine (C=N–C) groups is 1. The van der Waals surface area contributed by atoms with Gasteiger partial charge in [0.25, 0.3) is 0 Å². The summed E-state index contributed by atoms with van der Waals surface area (Å²) in [6.07, 6.45) is 4.38. The summed E-state index contributed by atoms with van der Waals surface area (Å²) < 4.78 is 14.1. The van der Waals surface area contributed by atoms with Crippen LogP contribution in [0, 0.1) is 5.82 Å². The van der Waals surface area contributed by atoms with Crippen molar-refractivity contribution < 1.29 is 4.39 Å². The van der Waals surface area contributed by atoms with E-state index < -0.39 is 0 Å². The maximum Gasteiger partial charge on any atom is 0.225 e. The molecule has 2 unspecified atom stereocenters. The number of hydrogen-bond donors (Lipinski definition) is 1. The van der Waals surface area contributed by atoms with Gasteiger partial charge >= 0.3 is 0 Å². The summed E-state index contributed by atoms with van der Waals surface area (Å²) in [4.78, 5) is 17.4. The van der Waals surface area contributed by atoms with E-state index in [-0.39, 0.29) is 41.8 Å². The van der Waals surface area contributed by atoms with Crippen molar-refractivity contribution in [1.82, 2.24) is 20.2 Å². The quantitative estimate of drug-likeness (QED) is 0.386. The van der Waals surface area contributed by atoms with Gasteiger partial charge in [0, 0.05) is 68.2 Å². The third-order valence-electron chi connectivity index (χ3n) is 5.10. The van der Waals surface area contributed by atoms with Crippen molar-refractivity contribution in [3.8, 4) is 0 Å². The minimum Gasteiger partial charge on any atom is -0.353 e. The molecule has 0 radical (unpaired) electrons. The van der Waals surface area contributed by atoms with Crippen LogP contribution in [0.4, 0.5) is 10.3 Å². The number of nitrogens with zero attached hydrogens (tertiary/aromatic N) is 5. The van der Waals surface area contributed by atoms with Crippen LogP contribution < -0.4 is 10.2 Å². The van der Waals surface area contributed by atoms with Crippen molar-refractivity contribution in [2.75, 3.05) is 38.1 Å². The Hall–Kier alpha value is -1.68. The summed E-state index contributed by atoms with van der Waals surface area (Å²) in [6.45, 7) is 3.32. The molecule has 28 heavy (non-hydrogen) atoms. The van der Waals surface area contributed by atoms with E-state index in [1.54, 1.807) is 31.6 Å². The lowest BCUT2D eigenvalue weighted by atomic mass is 10.1. The molecule has 6 nitrogen and oxygen atoms in total. The summed E-state index contributed by atoms with van der Waals surface area (Å²) in [5.74, 6) is 1.47. The highest BCUT2D eigenvalue weighted by atomic mass is 127. The van der Waals surface area contributed by atoms with Gasteiger partial charge in [-0.25, -0.2) is 14.4 Å². The van der Waals surface area contributed by atoms with E-state index in [1.165, 1.54) is 6.07 Å². The summed E-state index contributed by atoms with van der Waals surface area (Å²) in [7, 11) is 1.78. The fraction of sp³-hybridized carbons (Fsp3) is 0.421. The maximum absolute atomic E-state index is 14.1. The number of hydrogen-bond acceptors (Lipinski definition) is 4. The van der Waals surface area contributed by atoms with Crippen LogP contribution in [0.3, 0.4) is 0 Å². The predicted octanol–water partition coefficient (Wildman–Crippen LogP) is 3.14. The average molecular weight is 517 g/mol. The Bertz CT molecular complexity index is 808. The number of piperazine rings is 1. The molecule has 1 saturated carbocycles. The van der Waals surface area contributed by atoms with E-state index in [4.69, 9.17) is 11.6 Å². The molecule has 2 aliphatic rings. The maximum atomic E-state index is 14.1. The van der Waals surface area contributed by atoms with E-state index in [1.807, 2.05) is 6.07 Å². The van der Waals surface area contributed by atoms with Crippen molar-refractivity contribution in [3.05, 3.63) is 53.1 Å². The Morgan fingerprint density at radius 2 is 1.89 bits per heavy atom. The largest absolute Gasteiger partial charge is 0.353 e. The first-order valence-corrected chi connectivity index (χ1v) is 9.49. The molecule has 2 aromatic rings. The lowest BCUT2D eigenvalue weighted by Crippen LogP contribution is -2.53. The minimum atomic E-state index is -0.233. The Kier molecular flexibility index (Phi) is 6.92. The molecule has 1 aromatic heterocycles. The molecule has 1 aliphatic carbocycles. The Morgan fingerprint density at radius 1 is 1.18 bits per heavy atom. The third kappa shape index (κ3) is 4.48. The zero-order valence-corrected chi connectivity index (χ0v) is 18.6. The van der Waals surface area contributed by atoms with E-state index in [9.17, 15) is 4.39 Å². The molecule has 0 spiro atoms. The van der Waals surface area contributed by atoms with Crippen LogP contribution in [0.2, 0.25) is 5.02 Å². The van der Waals surface area contributed by atoms with Gasteiger partial charge in [-0.05, 0) is 24.6 Å². The van der Waals surface area contributed by atoms with Crippen molar-refractivity contribution in [3.63, 3.8) is 0 Å². The van der Waals surface area contributed by atoms with E-state index in [2.05, 4.69) is 30.1 Å². The summed E-state index contributed by atoms with van der Waals surface area (Å²) in [5.41, 5.74) is 0.609. The molecule has 1 N–H and O–H groups in total. The van der Waals surface area contributed by atoms with Crippen molar-refractivity contribution in [2.24, 2.45) is 4.99 Å². The lowest BCUT2D eigenvalue weighted by molar-refractivity contribution is 0.369. The lowest BCUT2D eigenvalue weighted by Gasteiger charge is -2.36. The SMILES string of the molecule is CN=C(NC1CC1c1c(F)cccc1Cl)N1CCN(c2ncccn2)CC1.I. The summed E-state index contributed by atoms with van der Waals surface area (Å²) in [5, 5.41) is 3.96. The molecule has 2 atom stereocenters. The normalized spacial score (nSPS) is 21.9. The van der Waals surface area contributed by atoms with E-state index in [0.717, 1.165) is 44.5 Å². The molecule has 4 rings (SSSR count). The van der Waals surface area contributed by atoms with Gasteiger partial charge in [0.05, 0.1) is 0 Å². The first-order chi connectivity index (χ1) is 13.2. The summed E-state index contributed by atoms with van der Waals surface area (Å²) >= 11 is 6.20. The van der Waals surface area contributed by atoms with Crippen molar-refractivity contribution >= 4 is 47.5 Å². The molecule has 9 heteroatoms. The number of anilines is 1. The van der Waals surface area contributed by atoms with Crippen molar-refractivity contribution in [1.29, 1.82) is 0 Å². The smallest absolute Gasteiger partial charge is 0.225 e. The second kappa shape index (κ2) is 9.21. The Balaban J connectivity index is 0.00000225. The Morgan fingerprint density at radius 3 is 2.54 bits per heavy atom. The summed E-state index contributed by atoms with van der Waals surface area (Å²) in [6, 6.07) is 6.83. The van der Waals surface area contributed by atoms with Crippen molar-refractivity contribution in [2.45, 2.75) is 18.4 Å². The molecule has 2 fully saturated rings. The third-order valence-corrected chi connectivity index (χ3v) is 5.43. The number of nitrogens with one attached hydrogen (secondary N) is 1. The molecule has 0 bridgehead atoms. The van der Waals surface area contributed by atoms with Gasteiger partial charge in [0.1, 0.15) is 5.82 Å². The molecule has 150 valence electrons. The fourth-order valence-electron chi connectivity index (χ4n) is 3.57. The van der Waals surface area contributed by atoms with E-state index >= 15 is 0 Å². The van der Waals surface area contributed by atoms with Gasteiger partial charge in [-0.3, -0.25) is 4.99 Å². The molecule has 1 saturated heterocycles. The van der Waals surface area contributed by atoms with Crippen LogP contribution in [-0.4, -0.2) is 60.1 Å². The predicted molar refractivity (Wildman–Crippen MR) is 120 cm³/mol. The topological polar surface area (TPSA) is 56.7 Å². The Labute approximate surface area is 186 Å². The van der Waals surface area contributed by atoms with Gasteiger partial charge < -0.3 is 15.1 Å². The highest BCUT2D eigenvalue weighted by molar-refractivity contribution is 14.0. The number of halogens is 3. The minimum absolute atomic E-state index is 0. The zero-order valence-electron chi connectivity index (χ0n) is 15.6. The zero-order chi connectivity index (χ0) is 18.8. The average Bonchev–Trinajstić information content (AvgIpc) is 3.45. The van der Waals surface area contributed by atoms with Crippen LogP contribution in [0.15, 0.2) is 41.7 Å². The molecular weight excluding hydrogens is 494 g/mol. The molecular formula is C19H23ClFIN6. The van der Waals surface area contributed by atoms with Gasteiger partial charge in [0.15, 0.2) is 5.96 Å². The van der Waals surface area contributed by atoms with Crippen LogP contribution in [0.25, 0.3) is 0 Å². The molecule has 1 aliphatic heterocycles. The van der Waals surface area contributed by atoms with Crippen LogP contribution in [0.1, 0.15) is 17.9 Å². The highest BCUT2D eigenvalue weighted by Gasteiger charge is 2.42. The number of aromatic nitrogens is 2. The standard InChI is InChI=1S/C19H22ClFN6.HI/c1-22-18(25-16-12-13(16)17-14(20)4-2-5-15(17)21)26-8-10-27(11-9-26)19-23-6-3-7-24-19;/h2-7,13,16H,8-12H2,1H3,(H,22,25);1H. The number of benzene rings is 1. The monoisotopic (exact) mass is 516 g/mol. The number of guanidine groups is 1. The molecule has 1 aromatic carbocycles.